The van der Waals surface area contributed by atoms with Crippen LogP contribution < -0.4 is 15.2 Å². The summed E-state index contributed by atoms with van der Waals surface area (Å²) in [5.41, 5.74) is 8.17. The van der Waals surface area contributed by atoms with Gasteiger partial charge in [0.25, 0.3) is 0 Å². The maximum atomic E-state index is 10.7. The third kappa shape index (κ3) is 10.1. The lowest BCUT2D eigenvalue weighted by Gasteiger charge is -2.14. The number of ether oxygens (including phenoxy) is 2. The normalized spacial score (nSPS) is 13.7. The van der Waals surface area contributed by atoms with Gasteiger partial charge >= 0.3 is 0 Å². The minimum Gasteiger partial charge on any atom is -0.507 e. The summed E-state index contributed by atoms with van der Waals surface area (Å²) in [7, 11) is 0. The summed E-state index contributed by atoms with van der Waals surface area (Å²) in [6.07, 6.45) is 10.5. The Morgan fingerprint density at radius 3 is 2.18 bits per heavy atom. The minimum atomic E-state index is -0.423. The van der Waals surface area contributed by atoms with Gasteiger partial charge in [-0.3, -0.25) is 4.99 Å². The van der Waals surface area contributed by atoms with Crippen LogP contribution >= 0.6 is 0 Å². The van der Waals surface area contributed by atoms with E-state index in [1.807, 2.05) is 62.4 Å². The number of unbranched alkanes of at least 4 members (excludes halogenated alkanes) is 2. The zero-order chi connectivity index (χ0) is 27.8. The SMILES string of the molecule is CC\C=C/C=C(CO)/C(N)=N/C(=N\C(C)c1ccc(OCCCC)cc1O)c1ccc(OCCCC)cc1. The fourth-order valence-corrected chi connectivity index (χ4v) is 3.48. The van der Waals surface area contributed by atoms with E-state index in [0.717, 1.165) is 43.4 Å². The highest BCUT2D eigenvalue weighted by molar-refractivity contribution is 6.11. The molecule has 0 saturated carbocycles. The highest BCUT2D eigenvalue weighted by atomic mass is 16.5. The average Bonchev–Trinajstić information content (AvgIpc) is 2.91. The molecule has 0 aliphatic carbocycles. The summed E-state index contributed by atoms with van der Waals surface area (Å²) in [5.74, 6) is 2.05. The van der Waals surface area contributed by atoms with Crippen molar-refractivity contribution in [3.8, 4) is 17.2 Å². The Labute approximate surface area is 227 Å². The number of aromatic hydroxyl groups is 1. The van der Waals surface area contributed by atoms with Gasteiger partial charge in [0.2, 0.25) is 0 Å². The van der Waals surface area contributed by atoms with Crippen LogP contribution in [0, 0.1) is 0 Å². The van der Waals surface area contributed by atoms with E-state index in [-0.39, 0.29) is 18.2 Å². The van der Waals surface area contributed by atoms with E-state index in [1.165, 1.54) is 0 Å². The van der Waals surface area contributed by atoms with Crippen LogP contribution in [0.2, 0.25) is 0 Å². The molecule has 2 rings (SSSR count). The first-order valence-corrected chi connectivity index (χ1v) is 13.5. The highest BCUT2D eigenvalue weighted by Crippen LogP contribution is 2.31. The van der Waals surface area contributed by atoms with Crippen molar-refractivity contribution >= 4 is 11.7 Å². The smallest absolute Gasteiger partial charge is 0.157 e. The quantitative estimate of drug-likeness (QED) is 0.107. The van der Waals surface area contributed by atoms with E-state index in [1.54, 1.807) is 12.1 Å². The van der Waals surface area contributed by atoms with Crippen LogP contribution in [0.15, 0.2) is 76.3 Å². The third-order valence-electron chi connectivity index (χ3n) is 5.81. The van der Waals surface area contributed by atoms with Crippen molar-refractivity contribution in [3.05, 3.63) is 77.4 Å². The topological polar surface area (TPSA) is 110 Å². The molecule has 38 heavy (non-hydrogen) atoms. The summed E-state index contributed by atoms with van der Waals surface area (Å²) in [6, 6.07) is 12.4. The second-order valence-corrected chi connectivity index (χ2v) is 8.96. The molecule has 0 amide bonds. The first kappa shape index (κ1) is 30.6. The fourth-order valence-electron chi connectivity index (χ4n) is 3.48. The lowest BCUT2D eigenvalue weighted by atomic mass is 10.1. The maximum absolute atomic E-state index is 10.7. The Bertz CT molecular complexity index is 1100. The van der Waals surface area contributed by atoms with Crippen LogP contribution in [0.5, 0.6) is 17.2 Å². The van der Waals surface area contributed by atoms with Gasteiger partial charge in [-0.05, 0) is 62.6 Å². The molecule has 7 heteroatoms. The summed E-state index contributed by atoms with van der Waals surface area (Å²) < 4.78 is 11.5. The number of aliphatic hydroxyl groups is 1. The van der Waals surface area contributed by atoms with Gasteiger partial charge in [-0.1, -0.05) is 51.8 Å². The number of hydrogen-bond donors (Lipinski definition) is 3. The van der Waals surface area contributed by atoms with Crippen molar-refractivity contribution in [2.45, 2.75) is 65.8 Å². The first-order valence-electron chi connectivity index (χ1n) is 13.5. The molecule has 1 atom stereocenters. The molecule has 0 saturated heterocycles. The molecule has 0 aliphatic heterocycles. The molecule has 1 unspecified atom stereocenters. The van der Waals surface area contributed by atoms with Crippen molar-refractivity contribution in [3.63, 3.8) is 0 Å². The molecule has 4 N–H and O–H groups in total. The summed E-state index contributed by atoms with van der Waals surface area (Å²) in [4.78, 5) is 9.42. The number of allylic oxidation sites excluding steroid dienone is 3. The van der Waals surface area contributed by atoms with Gasteiger partial charge < -0.3 is 25.4 Å². The number of amidine groups is 2. The zero-order valence-corrected chi connectivity index (χ0v) is 23.2. The average molecular weight is 522 g/mol. The van der Waals surface area contributed by atoms with Gasteiger partial charge in [0.15, 0.2) is 5.84 Å². The minimum absolute atomic E-state index is 0.104. The van der Waals surface area contributed by atoms with Crippen molar-refractivity contribution < 1.29 is 19.7 Å². The van der Waals surface area contributed by atoms with Crippen LogP contribution in [0.25, 0.3) is 0 Å². The van der Waals surface area contributed by atoms with Gasteiger partial charge in [-0.2, -0.15) is 0 Å². The first-order chi connectivity index (χ1) is 18.4. The Morgan fingerprint density at radius 2 is 1.61 bits per heavy atom. The van der Waals surface area contributed by atoms with E-state index < -0.39 is 6.04 Å². The molecule has 0 bridgehead atoms. The molecule has 0 heterocycles. The van der Waals surface area contributed by atoms with Crippen molar-refractivity contribution in [1.82, 2.24) is 0 Å². The van der Waals surface area contributed by atoms with Crippen molar-refractivity contribution in [1.29, 1.82) is 0 Å². The molecular weight excluding hydrogens is 478 g/mol. The number of nitrogens with two attached hydrogens (primary N) is 1. The standard InChI is InChI=1S/C31H43N3O4/c1-5-8-11-12-25(22-35)30(32)34-31(24-13-15-26(16-14-24)37-19-9-6-2)33-23(4)28-18-17-27(21-29(28)36)38-20-10-7-3/h8,11-18,21,23,35-36H,5-7,9-10,19-20,22H2,1-4H3,(H2,32,33,34)/b11-8-,25-12+. The van der Waals surface area contributed by atoms with Gasteiger partial charge in [-0.25, -0.2) is 4.99 Å². The van der Waals surface area contributed by atoms with Crippen LogP contribution in [0.1, 0.15) is 77.0 Å². The highest BCUT2D eigenvalue weighted by Gasteiger charge is 2.14. The van der Waals surface area contributed by atoms with E-state index >= 15 is 0 Å². The van der Waals surface area contributed by atoms with Gasteiger partial charge in [0, 0.05) is 22.8 Å². The lowest BCUT2D eigenvalue weighted by molar-refractivity contribution is 0.307. The molecule has 0 spiro atoms. The molecule has 0 radical (unpaired) electrons. The number of phenolic OH excluding ortho intramolecular Hbond substituents is 1. The number of phenols is 1. The predicted molar refractivity (Wildman–Crippen MR) is 157 cm³/mol. The Hall–Kier alpha value is -3.58. The number of aliphatic hydroxyl groups excluding tert-OH is 1. The van der Waals surface area contributed by atoms with Gasteiger partial charge in [-0.15, -0.1) is 0 Å². The van der Waals surface area contributed by atoms with Crippen LogP contribution in [-0.4, -0.2) is 41.7 Å². The molecule has 7 nitrogen and oxygen atoms in total. The van der Waals surface area contributed by atoms with Gasteiger partial charge in [0.1, 0.15) is 23.1 Å². The number of rotatable bonds is 15. The van der Waals surface area contributed by atoms with Crippen molar-refractivity contribution in [2.24, 2.45) is 15.7 Å². The maximum Gasteiger partial charge on any atom is 0.157 e. The number of benzene rings is 2. The van der Waals surface area contributed by atoms with E-state index in [0.29, 0.717) is 35.9 Å². The lowest BCUT2D eigenvalue weighted by Crippen LogP contribution is -2.20. The van der Waals surface area contributed by atoms with Crippen LogP contribution in [0.4, 0.5) is 0 Å². The molecule has 2 aromatic carbocycles. The third-order valence-corrected chi connectivity index (χ3v) is 5.81. The monoisotopic (exact) mass is 521 g/mol. The zero-order valence-electron chi connectivity index (χ0n) is 23.2. The second kappa shape index (κ2) is 17.0. The summed E-state index contributed by atoms with van der Waals surface area (Å²) in [6.45, 7) is 9.15. The summed E-state index contributed by atoms with van der Waals surface area (Å²) >= 11 is 0. The van der Waals surface area contributed by atoms with Gasteiger partial charge in [0.05, 0.1) is 25.9 Å². The van der Waals surface area contributed by atoms with E-state index in [4.69, 9.17) is 20.2 Å². The largest absolute Gasteiger partial charge is 0.507 e. The second-order valence-electron chi connectivity index (χ2n) is 8.96. The van der Waals surface area contributed by atoms with Crippen LogP contribution in [-0.2, 0) is 0 Å². The fraction of sp³-hybridized carbons (Fsp3) is 0.419. The Morgan fingerprint density at radius 1 is 0.974 bits per heavy atom. The molecule has 2 aromatic rings. The number of nitrogens with zero attached hydrogens (tertiary/aromatic N) is 2. The number of aliphatic imine (C=N–C) groups is 2. The molecule has 206 valence electrons. The molecule has 0 aromatic heterocycles. The predicted octanol–water partition coefficient (Wildman–Crippen LogP) is 6.50. The summed E-state index contributed by atoms with van der Waals surface area (Å²) in [5, 5.41) is 20.5. The van der Waals surface area contributed by atoms with Crippen LogP contribution in [0.3, 0.4) is 0 Å². The van der Waals surface area contributed by atoms with E-state index in [2.05, 4.69) is 18.8 Å². The Balaban J connectivity index is 2.42. The number of hydrogen-bond acceptors (Lipinski definition) is 5. The molecule has 0 aliphatic rings. The Kier molecular flexibility index (Phi) is 13.7. The van der Waals surface area contributed by atoms with E-state index in [9.17, 15) is 10.2 Å². The molecule has 0 fully saturated rings. The van der Waals surface area contributed by atoms with Crippen molar-refractivity contribution in [2.75, 3.05) is 19.8 Å². The molecular formula is C31H43N3O4.